The zero-order chi connectivity index (χ0) is 13.4. The third-order valence-corrected chi connectivity index (χ3v) is 3.73. The van der Waals surface area contributed by atoms with Crippen molar-refractivity contribution in [1.29, 1.82) is 0 Å². The van der Waals surface area contributed by atoms with Gasteiger partial charge in [0, 0.05) is 17.5 Å². The molecule has 0 radical (unpaired) electrons. The first kappa shape index (κ1) is 12.5. The molecule has 0 aliphatic rings. The Morgan fingerprint density at radius 2 is 2.26 bits per heavy atom. The number of furan rings is 1. The summed E-state index contributed by atoms with van der Waals surface area (Å²) in [4.78, 5) is 3.20. The molecule has 1 unspecified atom stereocenters. The van der Waals surface area contributed by atoms with Crippen LogP contribution in [-0.2, 0) is 6.42 Å². The fraction of sp³-hybridized carbons (Fsp3) is 0.214. The molecule has 2 heterocycles. The van der Waals surface area contributed by atoms with Gasteiger partial charge in [0.05, 0.1) is 17.3 Å². The molecule has 3 rings (SSSR count). The van der Waals surface area contributed by atoms with E-state index in [1.54, 1.807) is 6.26 Å². The molecule has 5 heteroatoms. The summed E-state index contributed by atoms with van der Waals surface area (Å²) >= 11 is 11.5. The molecule has 1 aromatic carbocycles. The smallest absolute Gasteiger partial charge is 0.178 e. The third-order valence-electron chi connectivity index (χ3n) is 3.20. The first-order chi connectivity index (χ1) is 9.15. The van der Waals surface area contributed by atoms with Crippen molar-refractivity contribution in [3.05, 3.63) is 52.1 Å². The van der Waals surface area contributed by atoms with Crippen molar-refractivity contribution in [2.75, 3.05) is 0 Å². The topological polar surface area (TPSA) is 33.9 Å². The van der Waals surface area contributed by atoms with E-state index in [1.807, 2.05) is 30.3 Å². The Morgan fingerprint density at radius 3 is 3.00 bits per heavy atom. The molecular formula is C14H13ClN2OS. The minimum absolute atomic E-state index is 0.200. The molecule has 0 aliphatic heterocycles. The van der Waals surface area contributed by atoms with Gasteiger partial charge in [-0.25, -0.2) is 0 Å². The minimum atomic E-state index is 0.200. The summed E-state index contributed by atoms with van der Waals surface area (Å²) in [7, 11) is 0. The number of aromatic nitrogens is 2. The van der Waals surface area contributed by atoms with Crippen molar-refractivity contribution in [2.24, 2.45) is 0 Å². The largest absolute Gasteiger partial charge is 0.469 e. The highest BCUT2D eigenvalue weighted by atomic mass is 35.5. The quantitative estimate of drug-likeness (QED) is 0.707. The molecule has 19 heavy (non-hydrogen) atoms. The van der Waals surface area contributed by atoms with Crippen molar-refractivity contribution >= 4 is 34.9 Å². The molecule has 0 spiro atoms. The second-order valence-corrected chi connectivity index (χ2v) is 5.42. The molecule has 0 amide bonds. The number of H-pyrrole nitrogens is 1. The molecule has 0 saturated heterocycles. The number of hydrogen-bond donors (Lipinski definition) is 1. The maximum atomic E-state index is 6.07. The van der Waals surface area contributed by atoms with Crippen molar-refractivity contribution in [3.8, 4) is 0 Å². The minimum Gasteiger partial charge on any atom is -0.469 e. The first-order valence-electron chi connectivity index (χ1n) is 6.07. The highest BCUT2D eigenvalue weighted by Gasteiger charge is 2.13. The van der Waals surface area contributed by atoms with Gasteiger partial charge in [-0.15, -0.1) is 0 Å². The number of aromatic amines is 1. The molecule has 1 atom stereocenters. The van der Waals surface area contributed by atoms with E-state index in [4.69, 9.17) is 28.2 Å². The van der Waals surface area contributed by atoms with Crippen LogP contribution in [0.5, 0.6) is 0 Å². The Hall–Kier alpha value is -1.52. The number of benzene rings is 1. The van der Waals surface area contributed by atoms with Crippen LogP contribution in [0.1, 0.15) is 18.7 Å². The average Bonchev–Trinajstić information content (AvgIpc) is 2.95. The van der Waals surface area contributed by atoms with Gasteiger partial charge in [-0.1, -0.05) is 11.6 Å². The highest BCUT2D eigenvalue weighted by Crippen LogP contribution is 2.24. The zero-order valence-electron chi connectivity index (χ0n) is 10.4. The predicted octanol–water partition coefficient (Wildman–Crippen LogP) is 4.75. The Kier molecular flexibility index (Phi) is 3.21. The number of nitrogens with zero attached hydrogens (tertiary/aromatic N) is 1. The highest BCUT2D eigenvalue weighted by molar-refractivity contribution is 7.71. The molecule has 2 aromatic heterocycles. The summed E-state index contributed by atoms with van der Waals surface area (Å²) < 4.78 is 8.18. The van der Waals surface area contributed by atoms with E-state index in [2.05, 4.69) is 16.5 Å². The lowest BCUT2D eigenvalue weighted by atomic mass is 10.2. The van der Waals surface area contributed by atoms with E-state index in [0.29, 0.717) is 9.79 Å². The van der Waals surface area contributed by atoms with Crippen LogP contribution in [-0.4, -0.2) is 9.55 Å². The van der Waals surface area contributed by atoms with Gasteiger partial charge in [0.2, 0.25) is 0 Å². The van der Waals surface area contributed by atoms with Crippen LogP contribution in [0.4, 0.5) is 0 Å². The Bertz CT molecular complexity index is 757. The molecule has 3 aromatic rings. The fourth-order valence-corrected chi connectivity index (χ4v) is 2.90. The van der Waals surface area contributed by atoms with Crippen LogP contribution in [0.3, 0.4) is 0 Å². The molecule has 98 valence electrons. The van der Waals surface area contributed by atoms with E-state index in [1.165, 1.54) is 0 Å². The van der Waals surface area contributed by atoms with Crippen LogP contribution >= 0.6 is 23.8 Å². The first-order valence-corrected chi connectivity index (χ1v) is 6.86. The summed E-state index contributed by atoms with van der Waals surface area (Å²) in [6.07, 6.45) is 2.48. The summed E-state index contributed by atoms with van der Waals surface area (Å²) in [6, 6.07) is 9.81. The summed E-state index contributed by atoms with van der Waals surface area (Å²) in [5.74, 6) is 0.950. The molecule has 3 nitrogen and oxygen atoms in total. The lowest BCUT2D eigenvalue weighted by Gasteiger charge is -2.13. The number of halogens is 1. The van der Waals surface area contributed by atoms with E-state index in [-0.39, 0.29) is 6.04 Å². The van der Waals surface area contributed by atoms with E-state index >= 15 is 0 Å². The molecule has 1 N–H and O–H groups in total. The lowest BCUT2D eigenvalue weighted by Crippen LogP contribution is -2.07. The van der Waals surface area contributed by atoms with Gasteiger partial charge in [-0.3, -0.25) is 0 Å². The fourth-order valence-electron chi connectivity index (χ4n) is 2.34. The van der Waals surface area contributed by atoms with E-state index in [0.717, 1.165) is 23.2 Å². The molecule has 0 aliphatic carbocycles. The van der Waals surface area contributed by atoms with Gasteiger partial charge in [0.15, 0.2) is 4.77 Å². The van der Waals surface area contributed by atoms with E-state index < -0.39 is 0 Å². The summed E-state index contributed by atoms with van der Waals surface area (Å²) in [6.45, 7) is 2.12. The zero-order valence-corrected chi connectivity index (χ0v) is 12.0. The molecule has 0 fully saturated rings. The Morgan fingerprint density at radius 1 is 1.42 bits per heavy atom. The van der Waals surface area contributed by atoms with Crippen LogP contribution in [0.25, 0.3) is 11.0 Å². The Labute approximate surface area is 120 Å². The van der Waals surface area contributed by atoms with Gasteiger partial charge in [0.1, 0.15) is 5.76 Å². The SMILES string of the molecule is CC(Cc1ccco1)n1c(=S)[nH]c2ccc(Cl)cc21. The van der Waals surface area contributed by atoms with Crippen molar-refractivity contribution in [3.63, 3.8) is 0 Å². The van der Waals surface area contributed by atoms with Gasteiger partial charge in [0.25, 0.3) is 0 Å². The number of rotatable bonds is 3. The van der Waals surface area contributed by atoms with Crippen molar-refractivity contribution < 1.29 is 4.42 Å². The molecule has 0 bridgehead atoms. The molecular weight excluding hydrogens is 280 g/mol. The van der Waals surface area contributed by atoms with Gasteiger partial charge in [-0.05, 0) is 49.5 Å². The number of hydrogen-bond acceptors (Lipinski definition) is 2. The number of fused-ring (bicyclic) bond motifs is 1. The maximum absolute atomic E-state index is 6.07. The van der Waals surface area contributed by atoms with Crippen LogP contribution in [0.15, 0.2) is 41.0 Å². The van der Waals surface area contributed by atoms with Gasteiger partial charge >= 0.3 is 0 Å². The lowest BCUT2D eigenvalue weighted by molar-refractivity contribution is 0.452. The average molecular weight is 293 g/mol. The van der Waals surface area contributed by atoms with E-state index in [9.17, 15) is 0 Å². The number of imidazole rings is 1. The third kappa shape index (κ3) is 2.33. The monoisotopic (exact) mass is 292 g/mol. The predicted molar refractivity (Wildman–Crippen MR) is 79.3 cm³/mol. The maximum Gasteiger partial charge on any atom is 0.178 e. The second-order valence-electron chi connectivity index (χ2n) is 4.59. The van der Waals surface area contributed by atoms with Crippen LogP contribution in [0.2, 0.25) is 5.02 Å². The van der Waals surface area contributed by atoms with Crippen LogP contribution in [0, 0.1) is 4.77 Å². The Balaban J connectivity index is 2.06. The van der Waals surface area contributed by atoms with Gasteiger partial charge < -0.3 is 14.0 Å². The van der Waals surface area contributed by atoms with Crippen molar-refractivity contribution in [1.82, 2.24) is 9.55 Å². The molecule has 0 saturated carbocycles. The standard InChI is InChI=1S/C14H13ClN2OS/c1-9(7-11-3-2-6-18-11)17-13-8-10(15)4-5-12(13)16-14(17)19/h2-6,8-9H,7H2,1H3,(H,16,19). The normalized spacial score (nSPS) is 12.9. The van der Waals surface area contributed by atoms with Crippen molar-refractivity contribution in [2.45, 2.75) is 19.4 Å². The summed E-state index contributed by atoms with van der Waals surface area (Å²) in [5, 5.41) is 0.709. The summed E-state index contributed by atoms with van der Waals surface area (Å²) in [5.41, 5.74) is 2.03. The van der Waals surface area contributed by atoms with Gasteiger partial charge in [-0.2, -0.15) is 0 Å². The number of nitrogens with one attached hydrogen (secondary N) is 1. The van der Waals surface area contributed by atoms with Crippen LogP contribution < -0.4 is 0 Å². The second kappa shape index (κ2) is 4.87.